The fourth-order valence-electron chi connectivity index (χ4n) is 2.48. The molecular formula is C19H26FN5O4S. The van der Waals surface area contributed by atoms with Crippen molar-refractivity contribution in [3.63, 3.8) is 0 Å². The van der Waals surface area contributed by atoms with Crippen LogP contribution in [0, 0.1) is 13.8 Å². The number of sulfone groups is 1. The first-order valence-corrected chi connectivity index (χ1v) is 10.4. The molecule has 0 unspecified atom stereocenters. The summed E-state index contributed by atoms with van der Waals surface area (Å²) in [6, 6.07) is 10.4. The maximum atomic E-state index is 12.4. The van der Waals surface area contributed by atoms with E-state index in [-0.39, 0.29) is 13.6 Å². The van der Waals surface area contributed by atoms with Gasteiger partial charge in [-0.25, -0.2) is 8.42 Å². The van der Waals surface area contributed by atoms with Crippen molar-refractivity contribution in [3.05, 3.63) is 60.2 Å². The lowest BCUT2D eigenvalue weighted by atomic mass is 10.2. The van der Waals surface area contributed by atoms with E-state index in [4.69, 9.17) is 4.52 Å². The quantitative estimate of drug-likeness (QED) is 0.444. The summed E-state index contributed by atoms with van der Waals surface area (Å²) in [5, 5.41) is 13.0. The van der Waals surface area contributed by atoms with Gasteiger partial charge in [0.1, 0.15) is 11.5 Å². The van der Waals surface area contributed by atoms with Gasteiger partial charge in [0.15, 0.2) is 15.7 Å². The molecule has 1 amide bonds. The number of aromatic amines is 2. The molecule has 3 aromatic heterocycles. The molecule has 3 heterocycles. The molecule has 0 aliphatic carbocycles. The topological polar surface area (TPSA) is 134 Å². The Morgan fingerprint density at radius 1 is 1.23 bits per heavy atom. The Morgan fingerprint density at radius 2 is 1.97 bits per heavy atom. The van der Waals surface area contributed by atoms with Gasteiger partial charge in [0, 0.05) is 37.9 Å². The molecule has 30 heavy (non-hydrogen) atoms. The molecule has 9 nitrogen and oxygen atoms in total. The zero-order valence-corrected chi connectivity index (χ0v) is 17.5. The number of rotatable bonds is 4. The Bertz CT molecular complexity index is 1190. The van der Waals surface area contributed by atoms with Crippen molar-refractivity contribution in [1.29, 1.82) is 0 Å². The zero-order chi connectivity index (χ0) is 22.1. The third kappa shape index (κ3) is 6.01. The minimum Gasteiger partial charge on any atom is -0.360 e. The molecule has 0 fully saturated rings. The summed E-state index contributed by atoms with van der Waals surface area (Å²) in [5.74, 6) is -0.620. The van der Waals surface area contributed by atoms with Crippen molar-refractivity contribution in [3.8, 4) is 0 Å². The molecule has 3 N–H and O–H groups in total. The molecule has 4 rings (SSSR count). The molecule has 1 aromatic carbocycles. The van der Waals surface area contributed by atoms with Gasteiger partial charge < -0.3 is 14.8 Å². The van der Waals surface area contributed by atoms with Gasteiger partial charge in [-0.2, -0.15) is 5.10 Å². The summed E-state index contributed by atoms with van der Waals surface area (Å²) in [6.45, 7) is 3.64. The number of aryl methyl sites for hydroxylation is 2. The first-order valence-electron chi connectivity index (χ1n) is 8.71. The van der Waals surface area contributed by atoms with Crippen LogP contribution in [-0.2, 0) is 14.6 Å². The summed E-state index contributed by atoms with van der Waals surface area (Å²) in [4.78, 5) is 14.9. The number of nitrogens with one attached hydrogen (secondary N) is 3. The van der Waals surface area contributed by atoms with E-state index in [0.29, 0.717) is 23.8 Å². The van der Waals surface area contributed by atoms with Crippen LogP contribution in [0.2, 0.25) is 0 Å². The summed E-state index contributed by atoms with van der Waals surface area (Å²) in [7, 11) is -3.26. The summed E-state index contributed by atoms with van der Waals surface area (Å²) in [6.07, 6.45) is 3.13. The number of nitrogens with zero attached hydrogens (tertiary/aromatic N) is 2. The lowest BCUT2D eigenvalue weighted by molar-refractivity contribution is -0.113. The number of H-pyrrole nitrogens is 2. The number of anilines is 1. The third-order valence-corrected chi connectivity index (χ3v) is 5.39. The molecule has 0 aliphatic rings. The average molecular weight is 440 g/mol. The van der Waals surface area contributed by atoms with E-state index in [2.05, 4.69) is 25.7 Å². The molecule has 0 saturated carbocycles. The van der Waals surface area contributed by atoms with E-state index in [1.165, 1.54) is 12.3 Å². The molecule has 11 heteroatoms. The second kappa shape index (κ2) is 10.3. The summed E-state index contributed by atoms with van der Waals surface area (Å²) < 4.78 is 39.1. The van der Waals surface area contributed by atoms with Gasteiger partial charge in [0.05, 0.1) is 12.1 Å². The molecular weight excluding hydrogens is 413 g/mol. The van der Waals surface area contributed by atoms with Crippen LogP contribution in [0.3, 0.4) is 0 Å². The maximum Gasteiger partial charge on any atom is 0.241 e. The number of benzene rings is 1. The van der Waals surface area contributed by atoms with Gasteiger partial charge in [-0.1, -0.05) is 23.4 Å². The number of fused-ring (bicyclic) bond motifs is 1. The van der Waals surface area contributed by atoms with Crippen LogP contribution >= 0.6 is 0 Å². The molecule has 0 bridgehead atoms. The number of aromatic nitrogens is 4. The van der Waals surface area contributed by atoms with E-state index in [9.17, 15) is 17.6 Å². The molecule has 0 atom stereocenters. The molecule has 0 radical (unpaired) electrons. The van der Waals surface area contributed by atoms with Crippen molar-refractivity contribution in [2.24, 2.45) is 0 Å². The monoisotopic (exact) mass is 439 g/mol. The van der Waals surface area contributed by atoms with Crippen molar-refractivity contribution in [2.45, 2.75) is 18.7 Å². The Morgan fingerprint density at radius 3 is 2.53 bits per heavy atom. The van der Waals surface area contributed by atoms with Crippen molar-refractivity contribution < 1.29 is 25.0 Å². The van der Waals surface area contributed by atoms with Crippen LogP contribution in [0.5, 0.6) is 0 Å². The summed E-state index contributed by atoms with van der Waals surface area (Å²) in [5.41, 5.74) is 1.81. The van der Waals surface area contributed by atoms with Gasteiger partial charge in [-0.05, 0) is 26.0 Å². The van der Waals surface area contributed by atoms with Gasteiger partial charge in [0.2, 0.25) is 5.91 Å². The van der Waals surface area contributed by atoms with Crippen LogP contribution in [0.1, 0.15) is 14.3 Å². The lowest BCUT2D eigenvalue weighted by Crippen LogP contribution is -2.23. The van der Waals surface area contributed by atoms with E-state index < -0.39 is 21.5 Å². The standard InChI is InChI=1S/C14H13N3O4S.C4H6N2.CH3F.2H2/c1-9-6-13(17-21-9)16-14(18)8-22(19,20)12-7-15-11-5-3-2-4-10(11)12;1-4-2-3-5-6-4;1-2;;/h2-7,15H,8H2,1H3,(H,16,17,18);2-3H,1H3,(H,5,6);1H3;2*1H. The van der Waals surface area contributed by atoms with Crippen LogP contribution < -0.4 is 5.32 Å². The maximum absolute atomic E-state index is 12.4. The van der Waals surface area contributed by atoms with E-state index in [0.717, 1.165) is 5.69 Å². The highest BCUT2D eigenvalue weighted by Crippen LogP contribution is 2.23. The van der Waals surface area contributed by atoms with Gasteiger partial charge >= 0.3 is 0 Å². The minimum atomic E-state index is -3.76. The number of carbonyl (C=O) groups is 1. The highest BCUT2D eigenvalue weighted by atomic mass is 32.2. The second-order valence-corrected chi connectivity index (χ2v) is 8.03. The fraction of sp³-hybridized carbons (Fsp3) is 0.211. The smallest absolute Gasteiger partial charge is 0.241 e. The van der Waals surface area contributed by atoms with Crippen molar-refractivity contribution in [1.82, 2.24) is 20.3 Å². The van der Waals surface area contributed by atoms with Crippen molar-refractivity contribution >= 4 is 32.5 Å². The number of hydrogen-bond donors (Lipinski definition) is 3. The Labute approximate surface area is 175 Å². The highest BCUT2D eigenvalue weighted by Gasteiger charge is 2.23. The zero-order valence-electron chi connectivity index (χ0n) is 16.6. The van der Waals surface area contributed by atoms with Crippen LogP contribution in [0.15, 0.2) is 58.2 Å². The largest absolute Gasteiger partial charge is 0.360 e. The number of halogens is 1. The second-order valence-electron chi connectivity index (χ2n) is 6.07. The minimum absolute atomic E-state index is 0. The predicted octanol–water partition coefficient (Wildman–Crippen LogP) is 3.67. The number of amides is 1. The van der Waals surface area contributed by atoms with E-state index in [1.54, 1.807) is 37.4 Å². The normalized spacial score (nSPS) is 10.5. The molecule has 4 aromatic rings. The average Bonchev–Trinajstić information content (AvgIpc) is 3.45. The Hall–Kier alpha value is -3.47. The van der Waals surface area contributed by atoms with Crippen LogP contribution in [0.25, 0.3) is 10.9 Å². The highest BCUT2D eigenvalue weighted by molar-refractivity contribution is 7.92. The Balaban J connectivity index is 0.000000826. The number of alkyl halides is 1. The first kappa shape index (κ1) is 22.8. The SMILES string of the molecule is CF.Cc1cc(NC(=O)CS(=O)(=O)c2c[nH]c3ccccc23)no1.Cc1ccn[nH]1.[HH].[HH]. The fourth-order valence-corrected chi connectivity index (χ4v) is 3.81. The van der Waals surface area contributed by atoms with Crippen LogP contribution in [-0.4, -0.2) is 47.6 Å². The van der Waals surface area contributed by atoms with Crippen LogP contribution in [0.4, 0.5) is 10.2 Å². The Kier molecular flexibility index (Phi) is 7.87. The van der Waals surface area contributed by atoms with Gasteiger partial charge in [-0.3, -0.25) is 14.3 Å². The molecule has 164 valence electrons. The third-order valence-electron chi connectivity index (χ3n) is 3.74. The number of hydrogen-bond acceptors (Lipinski definition) is 6. The lowest BCUT2D eigenvalue weighted by Gasteiger charge is -2.03. The molecule has 0 aliphatic heterocycles. The first-order chi connectivity index (χ1) is 14.3. The predicted molar refractivity (Wildman–Crippen MR) is 115 cm³/mol. The molecule has 0 spiro atoms. The van der Waals surface area contributed by atoms with Gasteiger partial charge in [0.25, 0.3) is 0 Å². The van der Waals surface area contributed by atoms with E-state index >= 15 is 0 Å². The summed E-state index contributed by atoms with van der Waals surface area (Å²) >= 11 is 0. The number of para-hydroxylation sites is 1. The number of carbonyl (C=O) groups excluding carboxylic acids is 1. The van der Waals surface area contributed by atoms with Crippen molar-refractivity contribution in [2.75, 3.05) is 18.2 Å². The van der Waals surface area contributed by atoms with Gasteiger partial charge in [-0.15, -0.1) is 0 Å². The molecule has 0 saturated heterocycles. The van der Waals surface area contributed by atoms with E-state index in [1.807, 2.05) is 13.0 Å².